The van der Waals surface area contributed by atoms with Gasteiger partial charge in [-0.25, -0.2) is 4.39 Å². The summed E-state index contributed by atoms with van der Waals surface area (Å²) in [5, 5.41) is 0. The molecular weight excluding hydrogens is 243 g/mol. The van der Waals surface area contributed by atoms with E-state index in [4.69, 9.17) is 10.5 Å². The van der Waals surface area contributed by atoms with Crippen LogP contribution in [0.4, 0.5) is 4.39 Å². The average molecular weight is 268 g/mol. The second-order valence-electron chi connectivity index (χ2n) is 4.96. The van der Waals surface area contributed by atoms with Crippen LogP contribution in [0.5, 0.6) is 5.75 Å². The lowest BCUT2D eigenvalue weighted by Gasteiger charge is -2.40. The van der Waals surface area contributed by atoms with E-state index in [1.165, 1.54) is 13.2 Å². The third-order valence-electron chi connectivity index (χ3n) is 4.14. The van der Waals surface area contributed by atoms with Crippen LogP contribution in [0.15, 0.2) is 18.2 Å². The topological polar surface area (TPSA) is 38.5 Å². The fourth-order valence-corrected chi connectivity index (χ4v) is 2.48. The van der Waals surface area contributed by atoms with E-state index in [0.717, 1.165) is 18.4 Å². The van der Waals surface area contributed by atoms with Gasteiger partial charge in [-0.15, -0.1) is 0 Å². The molecule has 1 aromatic rings. The minimum atomic E-state index is -0.320. The van der Waals surface area contributed by atoms with Gasteiger partial charge in [0.15, 0.2) is 11.6 Å². The molecule has 0 spiro atoms. The first-order valence-electron chi connectivity index (χ1n) is 6.76. The predicted molar refractivity (Wildman–Crippen MR) is 76.8 cm³/mol. The molecule has 0 unspecified atom stereocenters. The van der Waals surface area contributed by atoms with Crippen molar-refractivity contribution in [3.8, 4) is 5.75 Å². The van der Waals surface area contributed by atoms with E-state index in [9.17, 15) is 4.39 Å². The fourth-order valence-electron chi connectivity index (χ4n) is 2.48. The van der Waals surface area contributed by atoms with Gasteiger partial charge in [-0.1, -0.05) is 19.9 Å². The molecule has 0 aliphatic carbocycles. The van der Waals surface area contributed by atoms with Gasteiger partial charge in [-0.05, 0) is 37.6 Å². The second-order valence-corrected chi connectivity index (χ2v) is 4.96. The van der Waals surface area contributed by atoms with Crippen molar-refractivity contribution in [2.75, 3.05) is 20.7 Å². The molecule has 1 aromatic carbocycles. The molecule has 4 heteroatoms. The van der Waals surface area contributed by atoms with E-state index in [1.807, 2.05) is 13.1 Å². The number of likely N-dealkylation sites (N-methyl/N-ethyl adjacent to an activating group) is 1. The molecule has 0 amide bonds. The molecule has 0 aliphatic heterocycles. The maximum Gasteiger partial charge on any atom is 0.165 e. The SMILES string of the molecule is CCC(CC)(CN)N(C)Cc1ccc(OC)c(F)c1. The Morgan fingerprint density at radius 1 is 1.32 bits per heavy atom. The minimum Gasteiger partial charge on any atom is -0.494 e. The molecule has 0 aliphatic rings. The minimum absolute atomic E-state index is 0.0175. The Kier molecular flexibility index (Phi) is 5.76. The van der Waals surface area contributed by atoms with Crippen LogP contribution >= 0.6 is 0 Å². The van der Waals surface area contributed by atoms with E-state index in [2.05, 4.69) is 18.7 Å². The van der Waals surface area contributed by atoms with Gasteiger partial charge in [0.1, 0.15) is 0 Å². The van der Waals surface area contributed by atoms with E-state index >= 15 is 0 Å². The summed E-state index contributed by atoms with van der Waals surface area (Å²) in [5.74, 6) is -0.0396. The zero-order chi connectivity index (χ0) is 14.5. The lowest BCUT2D eigenvalue weighted by atomic mass is 9.90. The van der Waals surface area contributed by atoms with E-state index < -0.39 is 0 Å². The van der Waals surface area contributed by atoms with Gasteiger partial charge in [0.2, 0.25) is 0 Å². The standard InChI is InChI=1S/C15H25FN2O/c1-5-15(6-2,11-17)18(3)10-12-7-8-14(19-4)13(16)9-12/h7-9H,5-6,10-11,17H2,1-4H3. The molecule has 0 saturated carbocycles. The summed E-state index contributed by atoms with van der Waals surface area (Å²) in [6.07, 6.45) is 1.96. The van der Waals surface area contributed by atoms with Gasteiger partial charge >= 0.3 is 0 Å². The summed E-state index contributed by atoms with van der Waals surface area (Å²) < 4.78 is 18.6. The highest BCUT2D eigenvalue weighted by Crippen LogP contribution is 2.25. The van der Waals surface area contributed by atoms with Crippen LogP contribution in [-0.4, -0.2) is 31.1 Å². The molecule has 108 valence electrons. The van der Waals surface area contributed by atoms with Gasteiger partial charge in [-0.2, -0.15) is 0 Å². The van der Waals surface area contributed by atoms with Crippen LogP contribution in [0.3, 0.4) is 0 Å². The van der Waals surface area contributed by atoms with Crippen LogP contribution in [-0.2, 0) is 6.54 Å². The van der Waals surface area contributed by atoms with Gasteiger partial charge in [0.05, 0.1) is 7.11 Å². The molecule has 19 heavy (non-hydrogen) atoms. The Morgan fingerprint density at radius 3 is 2.37 bits per heavy atom. The summed E-state index contributed by atoms with van der Waals surface area (Å²) in [6, 6.07) is 5.09. The number of hydrogen-bond donors (Lipinski definition) is 1. The number of halogens is 1. The molecule has 0 radical (unpaired) electrons. The van der Waals surface area contributed by atoms with Crippen LogP contribution in [0.2, 0.25) is 0 Å². The van der Waals surface area contributed by atoms with Crippen molar-refractivity contribution in [1.29, 1.82) is 0 Å². The van der Waals surface area contributed by atoms with Crippen molar-refractivity contribution < 1.29 is 9.13 Å². The van der Waals surface area contributed by atoms with Crippen LogP contribution in [0.25, 0.3) is 0 Å². The number of nitrogens with two attached hydrogens (primary N) is 1. The number of benzene rings is 1. The third kappa shape index (κ3) is 3.45. The van der Waals surface area contributed by atoms with Crippen molar-refractivity contribution >= 4 is 0 Å². The van der Waals surface area contributed by atoms with Crippen molar-refractivity contribution in [2.45, 2.75) is 38.8 Å². The molecule has 1 rings (SSSR count). The van der Waals surface area contributed by atoms with Crippen molar-refractivity contribution in [2.24, 2.45) is 5.73 Å². The van der Waals surface area contributed by atoms with Gasteiger partial charge < -0.3 is 10.5 Å². The summed E-state index contributed by atoms with van der Waals surface area (Å²) >= 11 is 0. The zero-order valence-corrected chi connectivity index (χ0v) is 12.4. The smallest absolute Gasteiger partial charge is 0.165 e. The highest BCUT2D eigenvalue weighted by molar-refractivity contribution is 5.29. The highest BCUT2D eigenvalue weighted by atomic mass is 19.1. The van der Waals surface area contributed by atoms with E-state index in [0.29, 0.717) is 13.1 Å². The normalized spacial score (nSPS) is 11.9. The molecule has 0 atom stereocenters. The summed E-state index contributed by atoms with van der Waals surface area (Å²) in [5.41, 5.74) is 6.84. The maximum atomic E-state index is 13.7. The first-order valence-corrected chi connectivity index (χ1v) is 6.76. The van der Waals surface area contributed by atoms with Crippen molar-refractivity contribution in [3.63, 3.8) is 0 Å². The summed E-state index contributed by atoms with van der Waals surface area (Å²) in [7, 11) is 3.51. The van der Waals surface area contributed by atoms with Gasteiger partial charge in [-0.3, -0.25) is 4.90 Å². The lowest BCUT2D eigenvalue weighted by Crippen LogP contribution is -2.50. The first kappa shape index (κ1) is 15.9. The third-order valence-corrected chi connectivity index (χ3v) is 4.14. The molecule has 0 saturated heterocycles. The molecule has 3 nitrogen and oxygen atoms in total. The number of hydrogen-bond acceptors (Lipinski definition) is 3. The molecule has 0 heterocycles. The first-order chi connectivity index (χ1) is 9.02. The van der Waals surface area contributed by atoms with Crippen molar-refractivity contribution in [3.05, 3.63) is 29.6 Å². The van der Waals surface area contributed by atoms with E-state index in [1.54, 1.807) is 6.07 Å². The lowest BCUT2D eigenvalue weighted by molar-refractivity contribution is 0.108. The Balaban J connectivity index is 2.86. The molecular formula is C15H25FN2O. The largest absolute Gasteiger partial charge is 0.494 e. The molecule has 0 bridgehead atoms. The summed E-state index contributed by atoms with van der Waals surface area (Å²) in [4.78, 5) is 2.22. The molecule has 2 N–H and O–H groups in total. The average Bonchev–Trinajstić information content (AvgIpc) is 2.41. The van der Waals surface area contributed by atoms with Crippen LogP contribution in [0.1, 0.15) is 32.3 Å². The second kappa shape index (κ2) is 6.87. The predicted octanol–water partition coefficient (Wildman–Crippen LogP) is 2.78. The van der Waals surface area contributed by atoms with Gasteiger partial charge in [0, 0.05) is 18.6 Å². The van der Waals surface area contributed by atoms with Gasteiger partial charge in [0.25, 0.3) is 0 Å². The molecule has 0 aromatic heterocycles. The quantitative estimate of drug-likeness (QED) is 0.826. The Bertz CT molecular complexity index is 397. The van der Waals surface area contributed by atoms with Crippen LogP contribution in [0, 0.1) is 5.82 Å². The number of methoxy groups -OCH3 is 1. The monoisotopic (exact) mass is 268 g/mol. The Hall–Kier alpha value is -1.13. The Morgan fingerprint density at radius 2 is 1.95 bits per heavy atom. The highest BCUT2D eigenvalue weighted by Gasteiger charge is 2.29. The van der Waals surface area contributed by atoms with Crippen molar-refractivity contribution in [1.82, 2.24) is 4.90 Å². The summed E-state index contributed by atoms with van der Waals surface area (Å²) in [6.45, 7) is 5.57. The van der Waals surface area contributed by atoms with Crippen LogP contribution < -0.4 is 10.5 Å². The number of nitrogens with zero attached hydrogens (tertiary/aromatic N) is 1. The number of rotatable bonds is 7. The van der Waals surface area contributed by atoms with E-state index in [-0.39, 0.29) is 17.1 Å². The zero-order valence-electron chi connectivity index (χ0n) is 12.4. The molecule has 0 fully saturated rings. The number of ether oxygens (including phenoxy) is 1. The maximum absolute atomic E-state index is 13.7. The Labute approximate surface area is 115 Å². The fraction of sp³-hybridized carbons (Fsp3) is 0.600.